The van der Waals surface area contributed by atoms with E-state index in [1.807, 2.05) is 36.5 Å². The van der Waals surface area contributed by atoms with E-state index in [4.69, 9.17) is 0 Å². The van der Waals surface area contributed by atoms with Gasteiger partial charge in [-0.05, 0) is 62.4 Å². The fraction of sp³-hybridized carbons (Fsp3) is 0.462. The highest BCUT2D eigenvalue weighted by Gasteiger charge is 2.22. The van der Waals surface area contributed by atoms with Crippen LogP contribution < -0.4 is 4.72 Å². The van der Waals surface area contributed by atoms with Crippen LogP contribution in [0.1, 0.15) is 51.2 Å². The molecule has 1 atom stereocenters. The lowest BCUT2D eigenvalue weighted by Gasteiger charge is -2.36. The molecule has 0 amide bonds. The fourth-order valence-corrected chi connectivity index (χ4v) is 5.53. The third kappa shape index (κ3) is 5.61. The molecule has 32 heavy (non-hydrogen) atoms. The number of nitrogens with zero attached hydrogens (tertiary/aromatic N) is 1. The second kappa shape index (κ2) is 10.6. The summed E-state index contributed by atoms with van der Waals surface area (Å²) in [6.07, 6.45) is 3.70. The molecule has 0 fully saturated rings. The van der Waals surface area contributed by atoms with E-state index in [0.717, 1.165) is 53.5 Å². The van der Waals surface area contributed by atoms with Gasteiger partial charge in [-0.2, -0.15) is 0 Å². The molecular weight excluding hydrogens is 418 g/mol. The molecule has 1 aromatic heterocycles. The van der Waals surface area contributed by atoms with Gasteiger partial charge in [0.15, 0.2) is 0 Å². The summed E-state index contributed by atoms with van der Waals surface area (Å²) in [7, 11) is -3.52. The molecule has 3 aromatic rings. The maximum Gasteiger partial charge on any atom is 0.240 e. The number of para-hydroxylation sites is 1. The second-order valence-electron chi connectivity index (χ2n) is 8.78. The molecule has 3 rings (SSSR count). The summed E-state index contributed by atoms with van der Waals surface area (Å²) in [6.45, 7) is 14.0. The first-order valence-corrected chi connectivity index (χ1v) is 13.3. The van der Waals surface area contributed by atoms with Gasteiger partial charge in [0.25, 0.3) is 0 Å². The van der Waals surface area contributed by atoms with Gasteiger partial charge in [-0.15, -0.1) is 0 Å². The van der Waals surface area contributed by atoms with Gasteiger partial charge in [0.2, 0.25) is 10.0 Å². The Bertz CT molecular complexity index is 1090. The van der Waals surface area contributed by atoms with E-state index >= 15 is 0 Å². The quantitative estimate of drug-likeness (QED) is 0.374. The number of rotatable bonds is 12. The smallest absolute Gasteiger partial charge is 0.240 e. The standard InChI is InChI=1S/C26H38N3O2S/c1-5-29(6-2,7-3)19-17-21(4)22-12-14-24(15-13-22)32(30,31)28-18-16-23-20-27-26-11-9-8-10-25(23)26/h8-15,20-21,27-28H,5-7,16-19H2,1-4H3/q+1/t21-/m0/s1. The molecule has 0 aliphatic carbocycles. The van der Waals surface area contributed by atoms with Gasteiger partial charge < -0.3 is 9.47 Å². The number of quaternary nitrogens is 1. The minimum Gasteiger partial charge on any atom is -0.361 e. The maximum absolute atomic E-state index is 12.8. The van der Waals surface area contributed by atoms with Crippen LogP contribution in [-0.4, -0.2) is 50.6 Å². The third-order valence-electron chi connectivity index (χ3n) is 7.17. The molecular formula is C26H38N3O2S+. The van der Waals surface area contributed by atoms with Gasteiger partial charge in [-0.1, -0.05) is 37.3 Å². The molecule has 2 N–H and O–H groups in total. The van der Waals surface area contributed by atoms with Crippen LogP contribution in [0, 0.1) is 0 Å². The van der Waals surface area contributed by atoms with Gasteiger partial charge in [-0.3, -0.25) is 0 Å². The summed E-state index contributed by atoms with van der Waals surface area (Å²) in [5, 5.41) is 1.14. The molecule has 5 nitrogen and oxygen atoms in total. The van der Waals surface area contributed by atoms with E-state index < -0.39 is 10.0 Å². The second-order valence-corrected chi connectivity index (χ2v) is 10.5. The average molecular weight is 457 g/mol. The first-order chi connectivity index (χ1) is 15.3. The summed E-state index contributed by atoms with van der Waals surface area (Å²) < 4.78 is 29.4. The van der Waals surface area contributed by atoms with E-state index in [2.05, 4.69) is 43.5 Å². The number of nitrogens with one attached hydrogen (secondary N) is 2. The number of fused-ring (bicyclic) bond motifs is 1. The topological polar surface area (TPSA) is 62.0 Å². The van der Waals surface area contributed by atoms with Gasteiger partial charge in [0.1, 0.15) is 0 Å². The molecule has 0 unspecified atom stereocenters. The fourth-order valence-electron chi connectivity index (χ4n) is 4.50. The molecule has 0 bridgehead atoms. The Morgan fingerprint density at radius 3 is 2.28 bits per heavy atom. The molecule has 0 saturated heterocycles. The minimum atomic E-state index is -3.52. The van der Waals surface area contributed by atoms with Crippen molar-refractivity contribution in [1.82, 2.24) is 9.71 Å². The molecule has 0 aliphatic heterocycles. The van der Waals surface area contributed by atoms with Crippen LogP contribution in [0.15, 0.2) is 59.6 Å². The number of hydrogen-bond donors (Lipinski definition) is 2. The zero-order valence-corrected chi connectivity index (χ0v) is 20.7. The van der Waals surface area contributed by atoms with Crippen LogP contribution in [0.5, 0.6) is 0 Å². The highest BCUT2D eigenvalue weighted by molar-refractivity contribution is 7.89. The van der Waals surface area contributed by atoms with Gasteiger partial charge in [0.05, 0.1) is 31.1 Å². The Morgan fingerprint density at radius 1 is 0.969 bits per heavy atom. The van der Waals surface area contributed by atoms with Crippen molar-refractivity contribution >= 4 is 20.9 Å². The summed E-state index contributed by atoms with van der Waals surface area (Å²) in [5.41, 5.74) is 3.39. The lowest BCUT2D eigenvalue weighted by Crippen LogP contribution is -2.48. The van der Waals surface area contributed by atoms with Crippen molar-refractivity contribution in [2.75, 3.05) is 32.7 Å². The number of hydrogen-bond acceptors (Lipinski definition) is 2. The molecule has 0 spiro atoms. The summed E-state index contributed by atoms with van der Waals surface area (Å²) in [6, 6.07) is 15.5. The zero-order valence-electron chi connectivity index (χ0n) is 19.9. The van der Waals surface area contributed by atoms with Crippen LogP contribution in [-0.2, 0) is 16.4 Å². The van der Waals surface area contributed by atoms with Crippen LogP contribution in [0.2, 0.25) is 0 Å². The van der Waals surface area contributed by atoms with E-state index in [9.17, 15) is 8.42 Å². The monoisotopic (exact) mass is 456 g/mol. The molecule has 0 aliphatic rings. The predicted molar refractivity (Wildman–Crippen MR) is 133 cm³/mol. The van der Waals surface area contributed by atoms with E-state index in [1.165, 1.54) is 5.56 Å². The van der Waals surface area contributed by atoms with Gasteiger partial charge >= 0.3 is 0 Å². The lowest BCUT2D eigenvalue weighted by molar-refractivity contribution is -0.923. The minimum absolute atomic E-state index is 0.327. The van der Waals surface area contributed by atoms with Crippen molar-refractivity contribution in [3.8, 4) is 0 Å². The average Bonchev–Trinajstić information content (AvgIpc) is 3.23. The number of sulfonamides is 1. The Morgan fingerprint density at radius 2 is 1.62 bits per heavy atom. The zero-order chi connectivity index (χ0) is 23.2. The Labute approximate surface area is 193 Å². The van der Waals surface area contributed by atoms with Crippen LogP contribution in [0.25, 0.3) is 10.9 Å². The number of H-pyrrole nitrogens is 1. The first kappa shape index (κ1) is 24.5. The van der Waals surface area contributed by atoms with Crippen molar-refractivity contribution in [1.29, 1.82) is 0 Å². The van der Waals surface area contributed by atoms with E-state index in [0.29, 0.717) is 23.8 Å². The van der Waals surface area contributed by atoms with Gasteiger partial charge in [-0.25, -0.2) is 13.1 Å². The third-order valence-corrected chi connectivity index (χ3v) is 8.65. The van der Waals surface area contributed by atoms with Crippen molar-refractivity contribution in [3.63, 3.8) is 0 Å². The van der Waals surface area contributed by atoms with Crippen molar-refractivity contribution in [2.24, 2.45) is 0 Å². The molecule has 6 heteroatoms. The van der Waals surface area contributed by atoms with Crippen LogP contribution >= 0.6 is 0 Å². The Kier molecular flexibility index (Phi) is 8.15. The Hall–Kier alpha value is -2.15. The van der Waals surface area contributed by atoms with Crippen LogP contribution in [0.4, 0.5) is 0 Å². The molecule has 174 valence electrons. The number of aromatic nitrogens is 1. The maximum atomic E-state index is 12.8. The Balaban J connectivity index is 1.58. The molecule has 1 heterocycles. The predicted octanol–water partition coefficient (Wildman–Crippen LogP) is 5.06. The van der Waals surface area contributed by atoms with Crippen LogP contribution in [0.3, 0.4) is 0 Å². The molecule has 0 saturated carbocycles. The van der Waals surface area contributed by atoms with Crippen molar-refractivity contribution in [3.05, 3.63) is 65.9 Å². The highest BCUT2D eigenvalue weighted by atomic mass is 32.2. The molecule has 2 aromatic carbocycles. The van der Waals surface area contributed by atoms with E-state index in [-0.39, 0.29) is 0 Å². The van der Waals surface area contributed by atoms with Crippen molar-refractivity contribution in [2.45, 2.75) is 51.3 Å². The largest absolute Gasteiger partial charge is 0.361 e. The van der Waals surface area contributed by atoms with Gasteiger partial charge in [0, 0.05) is 30.1 Å². The number of benzene rings is 2. The van der Waals surface area contributed by atoms with Crippen molar-refractivity contribution < 1.29 is 12.9 Å². The first-order valence-electron chi connectivity index (χ1n) is 11.8. The summed E-state index contributed by atoms with van der Waals surface area (Å²) >= 11 is 0. The summed E-state index contributed by atoms with van der Waals surface area (Å²) in [4.78, 5) is 3.56. The highest BCUT2D eigenvalue weighted by Crippen LogP contribution is 2.23. The lowest BCUT2D eigenvalue weighted by atomic mass is 9.97. The summed E-state index contributed by atoms with van der Waals surface area (Å²) in [5.74, 6) is 0.406. The van der Waals surface area contributed by atoms with E-state index in [1.54, 1.807) is 12.1 Å². The normalized spacial score (nSPS) is 13.5. The number of aromatic amines is 1. The molecule has 0 radical (unpaired) electrons. The SMILES string of the molecule is CC[N+](CC)(CC)CC[C@H](C)c1ccc(S(=O)(=O)NCCc2c[nH]c3ccccc23)cc1.